The Hall–Kier alpha value is 0.01000. The lowest BCUT2D eigenvalue weighted by molar-refractivity contribution is -0.853. The van der Waals surface area contributed by atoms with E-state index in [-0.39, 0.29) is 4.48 Å². The molecule has 0 saturated heterocycles. The number of rotatable bonds is 7. The van der Waals surface area contributed by atoms with Crippen LogP contribution in [-0.4, -0.2) is 47.1 Å². The quantitative estimate of drug-likeness (QED) is 0.551. The van der Waals surface area contributed by atoms with Crippen molar-refractivity contribution in [3.05, 3.63) is 0 Å². The number of hydrogen-bond acceptors (Lipinski definition) is 1. The SMILES string of the molecule is CCCC[N+](CCCl)(CCCl)C(=O)O. The summed E-state index contributed by atoms with van der Waals surface area (Å²) in [5, 5.41) is 9.17. The summed E-state index contributed by atoms with van der Waals surface area (Å²) in [7, 11) is 0. The van der Waals surface area contributed by atoms with Crippen molar-refractivity contribution in [1.82, 2.24) is 0 Å². The smallest absolute Gasteiger partial charge is 0.435 e. The fraction of sp³-hybridized carbons (Fsp3) is 0.889. The Labute approximate surface area is 95.2 Å². The third kappa shape index (κ3) is 4.03. The molecule has 0 heterocycles. The van der Waals surface area contributed by atoms with Gasteiger partial charge < -0.3 is 5.11 Å². The summed E-state index contributed by atoms with van der Waals surface area (Å²) in [5.41, 5.74) is 0. The van der Waals surface area contributed by atoms with Crippen molar-refractivity contribution in [3.8, 4) is 0 Å². The van der Waals surface area contributed by atoms with Crippen LogP contribution in [0.25, 0.3) is 0 Å². The Morgan fingerprint density at radius 3 is 2.00 bits per heavy atom. The van der Waals surface area contributed by atoms with Crippen LogP contribution in [-0.2, 0) is 0 Å². The van der Waals surface area contributed by atoms with Gasteiger partial charge in [0, 0.05) is 0 Å². The maximum Gasteiger partial charge on any atom is 0.513 e. The van der Waals surface area contributed by atoms with Crippen LogP contribution in [0.15, 0.2) is 0 Å². The predicted octanol–water partition coefficient (Wildman–Crippen LogP) is 2.76. The first kappa shape index (κ1) is 14.0. The average molecular weight is 243 g/mol. The molecule has 3 nitrogen and oxygen atoms in total. The molecule has 0 aromatic heterocycles. The number of carbonyl (C=O) groups is 1. The molecule has 0 radical (unpaired) electrons. The summed E-state index contributed by atoms with van der Waals surface area (Å²) >= 11 is 11.2. The Morgan fingerprint density at radius 2 is 1.71 bits per heavy atom. The molecule has 0 unspecified atom stereocenters. The number of halogens is 2. The number of nitrogens with zero attached hydrogens (tertiary/aromatic N) is 1. The highest BCUT2D eigenvalue weighted by molar-refractivity contribution is 6.18. The minimum absolute atomic E-state index is 0.000833. The Balaban J connectivity index is 4.46. The van der Waals surface area contributed by atoms with Gasteiger partial charge in [-0.2, -0.15) is 4.79 Å². The molecular weight excluding hydrogens is 225 g/mol. The zero-order chi connectivity index (χ0) is 11.0. The standard InChI is InChI=1S/C9H17Cl2NO2/c1-2-3-6-12(7-4-10,8-5-11)9(13)14/h2-8H2,1H3/p+1. The highest BCUT2D eigenvalue weighted by Gasteiger charge is 2.34. The second-order valence-corrected chi connectivity index (χ2v) is 4.09. The zero-order valence-electron chi connectivity index (χ0n) is 8.51. The molecule has 0 atom stereocenters. The first-order valence-electron chi connectivity index (χ1n) is 4.84. The van der Waals surface area contributed by atoms with Gasteiger partial charge in [0.05, 0.1) is 18.3 Å². The summed E-state index contributed by atoms with van der Waals surface area (Å²) in [5.74, 6) is 0.708. The molecule has 1 amide bonds. The van der Waals surface area contributed by atoms with E-state index < -0.39 is 6.09 Å². The van der Waals surface area contributed by atoms with Gasteiger partial charge in [-0.3, -0.25) is 0 Å². The molecule has 0 aliphatic rings. The van der Waals surface area contributed by atoms with Gasteiger partial charge in [-0.15, -0.1) is 23.2 Å². The lowest BCUT2D eigenvalue weighted by Gasteiger charge is -2.31. The van der Waals surface area contributed by atoms with Crippen LogP contribution in [0.1, 0.15) is 19.8 Å². The fourth-order valence-electron chi connectivity index (χ4n) is 1.41. The van der Waals surface area contributed by atoms with Crippen molar-refractivity contribution in [2.24, 2.45) is 0 Å². The van der Waals surface area contributed by atoms with Crippen LogP contribution in [0.5, 0.6) is 0 Å². The van der Waals surface area contributed by atoms with Crippen molar-refractivity contribution in [1.29, 1.82) is 0 Å². The first-order valence-corrected chi connectivity index (χ1v) is 5.91. The van der Waals surface area contributed by atoms with E-state index in [4.69, 9.17) is 28.3 Å². The molecule has 0 aliphatic heterocycles. The highest BCUT2D eigenvalue weighted by Crippen LogP contribution is 2.11. The van der Waals surface area contributed by atoms with E-state index in [0.717, 1.165) is 12.8 Å². The van der Waals surface area contributed by atoms with Crippen LogP contribution in [0.4, 0.5) is 4.79 Å². The van der Waals surface area contributed by atoms with E-state index in [0.29, 0.717) is 31.4 Å². The summed E-state index contributed by atoms with van der Waals surface area (Å²) in [6.07, 6.45) is 1.05. The van der Waals surface area contributed by atoms with Crippen molar-refractivity contribution >= 4 is 29.3 Å². The molecule has 5 heteroatoms. The number of hydrogen-bond donors (Lipinski definition) is 1. The van der Waals surface area contributed by atoms with Crippen LogP contribution >= 0.6 is 23.2 Å². The topological polar surface area (TPSA) is 37.3 Å². The largest absolute Gasteiger partial charge is 0.513 e. The molecule has 0 aromatic rings. The van der Waals surface area contributed by atoms with E-state index in [2.05, 4.69) is 0 Å². The highest BCUT2D eigenvalue weighted by atomic mass is 35.5. The van der Waals surface area contributed by atoms with E-state index in [1.165, 1.54) is 0 Å². The normalized spacial score (nSPS) is 11.6. The summed E-state index contributed by atoms with van der Waals surface area (Å²) in [4.78, 5) is 11.2. The Bertz CT molecular complexity index is 170. The lowest BCUT2D eigenvalue weighted by Crippen LogP contribution is -2.55. The number of alkyl halides is 2. The molecule has 0 saturated carbocycles. The van der Waals surface area contributed by atoms with Crippen molar-refractivity contribution < 1.29 is 14.4 Å². The maximum atomic E-state index is 11.2. The molecule has 1 N–H and O–H groups in total. The van der Waals surface area contributed by atoms with Gasteiger partial charge in [-0.05, 0) is 6.42 Å². The lowest BCUT2D eigenvalue weighted by atomic mass is 10.2. The van der Waals surface area contributed by atoms with E-state index >= 15 is 0 Å². The third-order valence-electron chi connectivity index (χ3n) is 2.37. The van der Waals surface area contributed by atoms with Gasteiger partial charge in [-0.25, -0.2) is 4.48 Å². The van der Waals surface area contributed by atoms with E-state index in [9.17, 15) is 4.79 Å². The molecule has 0 aromatic carbocycles. The van der Waals surface area contributed by atoms with Crippen LogP contribution in [0.2, 0.25) is 0 Å². The maximum absolute atomic E-state index is 11.2. The third-order valence-corrected chi connectivity index (χ3v) is 2.71. The number of carboxylic acid groups (broad SMARTS) is 1. The van der Waals surface area contributed by atoms with Gasteiger partial charge in [0.15, 0.2) is 0 Å². The van der Waals surface area contributed by atoms with E-state index in [1.54, 1.807) is 0 Å². The second kappa shape index (κ2) is 7.32. The fourth-order valence-corrected chi connectivity index (χ4v) is 2.05. The predicted molar refractivity (Wildman–Crippen MR) is 59.2 cm³/mol. The minimum Gasteiger partial charge on any atom is -0.435 e. The molecule has 0 fully saturated rings. The van der Waals surface area contributed by atoms with E-state index in [1.807, 2.05) is 6.92 Å². The molecule has 84 valence electrons. The first-order chi connectivity index (χ1) is 6.63. The number of amides is 1. The molecular formula is C9H18Cl2NO2+. The van der Waals surface area contributed by atoms with Gasteiger partial charge in [0.25, 0.3) is 0 Å². The van der Waals surface area contributed by atoms with Gasteiger partial charge in [0.2, 0.25) is 0 Å². The van der Waals surface area contributed by atoms with Gasteiger partial charge in [-0.1, -0.05) is 13.3 Å². The molecule has 0 rings (SSSR count). The Kier molecular flexibility index (Phi) is 7.33. The number of quaternary nitrogens is 1. The Morgan fingerprint density at radius 1 is 1.21 bits per heavy atom. The minimum atomic E-state index is -0.820. The summed E-state index contributed by atoms with van der Waals surface area (Å²) in [6, 6.07) is 0. The molecule has 0 aliphatic carbocycles. The molecule has 0 bridgehead atoms. The second-order valence-electron chi connectivity index (χ2n) is 3.33. The summed E-state index contributed by atoms with van der Waals surface area (Å²) < 4.78 is 0.000833. The van der Waals surface area contributed by atoms with Crippen molar-refractivity contribution in [2.45, 2.75) is 19.8 Å². The van der Waals surface area contributed by atoms with Crippen molar-refractivity contribution in [2.75, 3.05) is 31.4 Å². The summed E-state index contributed by atoms with van der Waals surface area (Å²) in [6.45, 7) is 3.55. The zero-order valence-corrected chi connectivity index (χ0v) is 10.0. The van der Waals surface area contributed by atoms with Crippen molar-refractivity contribution in [3.63, 3.8) is 0 Å². The molecule has 14 heavy (non-hydrogen) atoms. The van der Waals surface area contributed by atoms with Gasteiger partial charge >= 0.3 is 6.09 Å². The van der Waals surface area contributed by atoms with Gasteiger partial charge in [0.1, 0.15) is 13.1 Å². The van der Waals surface area contributed by atoms with Crippen LogP contribution in [0.3, 0.4) is 0 Å². The molecule has 0 spiro atoms. The monoisotopic (exact) mass is 242 g/mol. The van der Waals surface area contributed by atoms with Crippen LogP contribution < -0.4 is 0 Å². The number of unbranched alkanes of at least 4 members (excludes halogenated alkanes) is 1. The average Bonchev–Trinajstić information content (AvgIpc) is 2.14. The van der Waals surface area contributed by atoms with Crippen LogP contribution in [0, 0.1) is 0 Å².